The second kappa shape index (κ2) is 7.07. The monoisotopic (exact) mass is 244 g/mol. The molecule has 1 aliphatic carbocycles. The Morgan fingerprint density at radius 3 is 2.75 bits per heavy atom. The topological polar surface area (TPSA) is 33.3 Å². The van der Waals surface area contributed by atoms with Gasteiger partial charge >= 0.3 is 0 Å². The Labute approximate surface area is 104 Å². The zero-order valence-corrected chi connectivity index (χ0v) is 11.4. The normalized spacial score (nSPS) is 27.2. The first-order valence-electron chi connectivity index (χ1n) is 6.20. The van der Waals surface area contributed by atoms with E-state index in [9.17, 15) is 0 Å². The predicted molar refractivity (Wildman–Crippen MR) is 71.6 cm³/mol. The summed E-state index contributed by atoms with van der Waals surface area (Å²) in [6.07, 6.45) is 5.43. The van der Waals surface area contributed by atoms with Crippen LogP contribution in [0.2, 0.25) is 0 Å². The van der Waals surface area contributed by atoms with E-state index in [4.69, 9.17) is 17.0 Å². The summed E-state index contributed by atoms with van der Waals surface area (Å²) in [6.45, 7) is 5.10. The fourth-order valence-corrected chi connectivity index (χ4v) is 2.30. The van der Waals surface area contributed by atoms with Crippen LogP contribution in [0.1, 0.15) is 39.5 Å². The van der Waals surface area contributed by atoms with E-state index in [1.54, 1.807) is 7.11 Å². The van der Waals surface area contributed by atoms with E-state index in [2.05, 4.69) is 17.6 Å². The number of thiocarbonyl (C=S) groups is 1. The molecule has 1 saturated carbocycles. The van der Waals surface area contributed by atoms with Gasteiger partial charge in [-0.2, -0.15) is 0 Å². The summed E-state index contributed by atoms with van der Waals surface area (Å²) in [5, 5.41) is 7.38. The van der Waals surface area contributed by atoms with Crippen LogP contribution in [0.3, 0.4) is 0 Å². The van der Waals surface area contributed by atoms with Crippen LogP contribution in [-0.4, -0.2) is 30.9 Å². The summed E-state index contributed by atoms with van der Waals surface area (Å²) in [7, 11) is 1.71. The number of hydrogen-bond acceptors (Lipinski definition) is 2. The van der Waals surface area contributed by atoms with E-state index in [0.717, 1.165) is 17.6 Å². The molecule has 3 nitrogen and oxygen atoms in total. The van der Waals surface area contributed by atoms with Crippen molar-refractivity contribution in [1.82, 2.24) is 10.6 Å². The van der Waals surface area contributed by atoms with E-state index < -0.39 is 0 Å². The van der Waals surface area contributed by atoms with Crippen molar-refractivity contribution in [2.75, 3.05) is 13.7 Å². The fourth-order valence-electron chi connectivity index (χ4n) is 2.07. The van der Waals surface area contributed by atoms with Crippen LogP contribution >= 0.6 is 12.2 Å². The molecule has 1 fully saturated rings. The lowest BCUT2D eigenvalue weighted by atomic mass is 9.86. The van der Waals surface area contributed by atoms with Crippen LogP contribution in [0.15, 0.2) is 0 Å². The molecule has 3 unspecified atom stereocenters. The molecule has 0 aromatic heterocycles. The number of rotatable bonds is 4. The maximum Gasteiger partial charge on any atom is 0.166 e. The van der Waals surface area contributed by atoms with Crippen molar-refractivity contribution < 1.29 is 4.74 Å². The summed E-state index contributed by atoms with van der Waals surface area (Å²) in [5.41, 5.74) is 0. The molecule has 16 heavy (non-hydrogen) atoms. The SMILES string of the molecule is COC(C)CNC(=S)NC1CCCCC1C. The quantitative estimate of drug-likeness (QED) is 0.742. The average Bonchev–Trinajstić information content (AvgIpc) is 2.29. The summed E-state index contributed by atoms with van der Waals surface area (Å²) in [6, 6.07) is 0.548. The molecule has 3 atom stereocenters. The highest BCUT2D eigenvalue weighted by Gasteiger charge is 2.21. The average molecular weight is 244 g/mol. The van der Waals surface area contributed by atoms with Crippen LogP contribution in [0.4, 0.5) is 0 Å². The third kappa shape index (κ3) is 4.66. The van der Waals surface area contributed by atoms with Gasteiger partial charge in [-0.25, -0.2) is 0 Å². The summed E-state index contributed by atoms with van der Waals surface area (Å²) < 4.78 is 5.16. The minimum atomic E-state index is 0.198. The van der Waals surface area contributed by atoms with E-state index in [0.29, 0.717) is 6.04 Å². The first-order chi connectivity index (χ1) is 7.63. The van der Waals surface area contributed by atoms with E-state index in [1.165, 1.54) is 25.7 Å². The summed E-state index contributed by atoms with van der Waals surface area (Å²) >= 11 is 5.28. The van der Waals surface area contributed by atoms with Gasteiger partial charge in [0.25, 0.3) is 0 Å². The Hall–Kier alpha value is -0.350. The molecule has 0 amide bonds. The van der Waals surface area contributed by atoms with Crippen LogP contribution in [0.25, 0.3) is 0 Å². The molecule has 0 bridgehead atoms. The molecule has 0 aromatic rings. The van der Waals surface area contributed by atoms with Gasteiger partial charge in [0.15, 0.2) is 5.11 Å². The predicted octanol–water partition coefficient (Wildman–Crippen LogP) is 2.06. The van der Waals surface area contributed by atoms with Gasteiger partial charge in [0.2, 0.25) is 0 Å². The minimum Gasteiger partial charge on any atom is -0.380 e. The van der Waals surface area contributed by atoms with Crippen molar-refractivity contribution in [3.63, 3.8) is 0 Å². The molecule has 0 aliphatic heterocycles. The molecule has 0 spiro atoms. The molecular formula is C12H24N2OS. The van der Waals surface area contributed by atoms with Gasteiger partial charge in [-0.1, -0.05) is 19.8 Å². The van der Waals surface area contributed by atoms with Gasteiger partial charge < -0.3 is 15.4 Å². The highest BCUT2D eigenvalue weighted by Crippen LogP contribution is 2.23. The van der Waals surface area contributed by atoms with Gasteiger partial charge in [0.1, 0.15) is 0 Å². The number of hydrogen-bond donors (Lipinski definition) is 2. The van der Waals surface area contributed by atoms with Crippen LogP contribution < -0.4 is 10.6 Å². The van der Waals surface area contributed by atoms with E-state index in [-0.39, 0.29) is 6.10 Å². The van der Waals surface area contributed by atoms with E-state index in [1.807, 2.05) is 6.92 Å². The molecular weight excluding hydrogens is 220 g/mol. The third-order valence-corrected chi connectivity index (χ3v) is 3.64. The lowest BCUT2D eigenvalue weighted by Crippen LogP contribution is -2.47. The third-order valence-electron chi connectivity index (χ3n) is 3.38. The van der Waals surface area contributed by atoms with Crippen molar-refractivity contribution in [2.24, 2.45) is 5.92 Å². The van der Waals surface area contributed by atoms with Crippen molar-refractivity contribution in [3.8, 4) is 0 Å². The zero-order chi connectivity index (χ0) is 12.0. The van der Waals surface area contributed by atoms with Gasteiger partial charge in [-0.3, -0.25) is 0 Å². The van der Waals surface area contributed by atoms with E-state index >= 15 is 0 Å². The fraction of sp³-hybridized carbons (Fsp3) is 0.917. The van der Waals surface area contributed by atoms with Gasteiger partial charge in [0.05, 0.1) is 6.10 Å². The Morgan fingerprint density at radius 1 is 1.44 bits per heavy atom. The minimum absolute atomic E-state index is 0.198. The molecule has 0 radical (unpaired) electrons. The van der Waals surface area contributed by atoms with Gasteiger partial charge in [-0.15, -0.1) is 0 Å². The first kappa shape index (κ1) is 13.7. The highest BCUT2D eigenvalue weighted by atomic mass is 32.1. The molecule has 94 valence electrons. The summed E-state index contributed by atoms with van der Waals surface area (Å²) in [5.74, 6) is 0.730. The molecule has 2 N–H and O–H groups in total. The largest absolute Gasteiger partial charge is 0.380 e. The molecule has 1 aliphatic rings. The molecule has 1 rings (SSSR count). The van der Waals surface area contributed by atoms with Crippen LogP contribution in [0, 0.1) is 5.92 Å². The second-order valence-corrected chi connectivity index (χ2v) is 5.18. The van der Waals surface area contributed by atoms with Crippen LogP contribution in [-0.2, 0) is 4.74 Å². The van der Waals surface area contributed by atoms with Gasteiger partial charge in [0, 0.05) is 19.7 Å². The number of methoxy groups -OCH3 is 1. The molecule has 0 heterocycles. The van der Waals surface area contributed by atoms with Crippen molar-refractivity contribution in [3.05, 3.63) is 0 Å². The lowest BCUT2D eigenvalue weighted by molar-refractivity contribution is 0.121. The van der Waals surface area contributed by atoms with Crippen LogP contribution in [0.5, 0.6) is 0 Å². The zero-order valence-electron chi connectivity index (χ0n) is 10.6. The standard InChI is InChI=1S/C12H24N2OS/c1-9-6-4-5-7-11(9)14-12(16)13-8-10(2)15-3/h9-11H,4-8H2,1-3H3,(H2,13,14,16). The maximum atomic E-state index is 5.28. The first-order valence-corrected chi connectivity index (χ1v) is 6.61. The number of nitrogens with one attached hydrogen (secondary N) is 2. The summed E-state index contributed by atoms with van der Waals surface area (Å²) in [4.78, 5) is 0. The Kier molecular flexibility index (Phi) is 6.06. The van der Waals surface area contributed by atoms with Crippen molar-refractivity contribution >= 4 is 17.3 Å². The maximum absolute atomic E-state index is 5.28. The molecule has 4 heteroatoms. The lowest BCUT2D eigenvalue weighted by Gasteiger charge is -2.30. The van der Waals surface area contributed by atoms with Crippen molar-refractivity contribution in [2.45, 2.75) is 51.7 Å². The Balaban J connectivity index is 2.22. The number of ether oxygens (including phenoxy) is 1. The van der Waals surface area contributed by atoms with Crippen molar-refractivity contribution in [1.29, 1.82) is 0 Å². The molecule has 0 saturated heterocycles. The highest BCUT2D eigenvalue weighted by molar-refractivity contribution is 7.80. The Morgan fingerprint density at radius 2 is 2.12 bits per heavy atom. The van der Waals surface area contributed by atoms with Gasteiger partial charge in [-0.05, 0) is 37.9 Å². The second-order valence-electron chi connectivity index (χ2n) is 4.77. The smallest absolute Gasteiger partial charge is 0.166 e. The molecule has 0 aromatic carbocycles. The Bertz CT molecular complexity index is 223.